The summed E-state index contributed by atoms with van der Waals surface area (Å²) in [6.45, 7) is 13.7. The molecule has 2 aliphatic heterocycles. The highest BCUT2D eigenvalue weighted by atomic mass is 127. The van der Waals surface area contributed by atoms with Crippen molar-refractivity contribution in [3.8, 4) is 11.1 Å². The van der Waals surface area contributed by atoms with Gasteiger partial charge in [0.15, 0.2) is 13.1 Å². The molecule has 0 radical (unpaired) electrons. The molecule has 0 aromatic heterocycles. The van der Waals surface area contributed by atoms with Crippen molar-refractivity contribution >= 4 is 23.2 Å². The predicted molar refractivity (Wildman–Crippen MR) is 157 cm³/mol. The Morgan fingerprint density at radius 2 is 0.850 bits per heavy atom. The molecule has 2 N–H and O–H groups in total. The van der Waals surface area contributed by atoms with Gasteiger partial charge in [-0.2, -0.15) is 0 Å². The Morgan fingerprint density at radius 1 is 0.575 bits per heavy atom. The lowest BCUT2D eigenvalue weighted by Gasteiger charge is -2.37. The number of hydrogen-bond donors (Lipinski definition) is 2. The van der Waals surface area contributed by atoms with Crippen molar-refractivity contribution in [3.05, 3.63) is 46.5 Å². The number of anilines is 2. The van der Waals surface area contributed by atoms with E-state index < -0.39 is 0 Å². The summed E-state index contributed by atoms with van der Waals surface area (Å²) in [5, 5.41) is 6.43. The van der Waals surface area contributed by atoms with Crippen LogP contribution in [0.3, 0.4) is 0 Å². The lowest BCUT2D eigenvalue weighted by atomic mass is 9.95. The molecular formula is C32H48I2N4O2. The maximum absolute atomic E-state index is 12.9. The molecule has 8 heteroatoms. The third-order valence-corrected chi connectivity index (χ3v) is 8.77. The molecule has 40 heavy (non-hydrogen) atoms. The Morgan fingerprint density at radius 3 is 1.12 bits per heavy atom. The Hall–Kier alpha value is -1.24. The smallest absolute Gasteiger partial charge is 0.279 e. The van der Waals surface area contributed by atoms with Gasteiger partial charge in [0, 0.05) is 11.4 Å². The van der Waals surface area contributed by atoms with Crippen LogP contribution in [0.15, 0.2) is 24.3 Å². The Balaban J connectivity index is 0.00000280. The predicted octanol–water partition coefficient (Wildman–Crippen LogP) is -0.267. The number of halogens is 2. The van der Waals surface area contributed by atoms with Crippen LogP contribution in [0.5, 0.6) is 0 Å². The number of piperidine rings is 2. The number of nitrogens with one attached hydrogen (secondary N) is 2. The number of carbonyl (C=O) groups excluding carboxylic acids is 2. The molecular weight excluding hydrogens is 726 g/mol. The number of carbonyl (C=O) groups is 2. The molecule has 2 aliphatic rings. The van der Waals surface area contributed by atoms with Crippen molar-refractivity contribution in [2.24, 2.45) is 0 Å². The minimum absolute atomic E-state index is 0. The van der Waals surface area contributed by atoms with Crippen LogP contribution in [-0.4, -0.2) is 74.1 Å². The summed E-state index contributed by atoms with van der Waals surface area (Å²) < 4.78 is 1.67. The molecule has 0 aliphatic carbocycles. The zero-order valence-corrected chi connectivity index (χ0v) is 29.6. The van der Waals surface area contributed by atoms with Crippen LogP contribution in [-0.2, 0) is 9.59 Å². The van der Waals surface area contributed by atoms with Gasteiger partial charge in [0.25, 0.3) is 11.8 Å². The molecule has 4 rings (SSSR count). The molecule has 0 saturated carbocycles. The van der Waals surface area contributed by atoms with Gasteiger partial charge in [-0.25, -0.2) is 0 Å². The second-order valence-corrected chi connectivity index (χ2v) is 12.6. The molecule has 0 atom stereocenters. The van der Waals surface area contributed by atoms with Crippen LogP contribution in [0.2, 0.25) is 0 Å². The minimum Gasteiger partial charge on any atom is -1.00 e. The van der Waals surface area contributed by atoms with E-state index in [0.29, 0.717) is 13.1 Å². The molecule has 2 fully saturated rings. The fourth-order valence-electron chi connectivity index (χ4n) is 6.57. The second kappa shape index (κ2) is 14.8. The third kappa shape index (κ3) is 8.88. The summed E-state index contributed by atoms with van der Waals surface area (Å²) in [4.78, 5) is 25.9. The van der Waals surface area contributed by atoms with Crippen molar-refractivity contribution < 1.29 is 66.5 Å². The fourth-order valence-corrected chi connectivity index (χ4v) is 6.57. The molecule has 222 valence electrons. The van der Waals surface area contributed by atoms with E-state index in [0.717, 1.165) is 79.9 Å². The largest absolute Gasteiger partial charge is 1.00 e. The molecule has 6 nitrogen and oxygen atoms in total. The normalized spacial score (nSPS) is 17.6. The van der Waals surface area contributed by atoms with Crippen molar-refractivity contribution in [1.82, 2.24) is 0 Å². The van der Waals surface area contributed by atoms with Crippen LogP contribution in [0.1, 0.15) is 60.8 Å². The van der Waals surface area contributed by atoms with Gasteiger partial charge in [-0.3, -0.25) is 9.59 Å². The summed E-state index contributed by atoms with van der Waals surface area (Å²) in [5.41, 5.74) is 8.39. The highest BCUT2D eigenvalue weighted by Crippen LogP contribution is 2.33. The van der Waals surface area contributed by atoms with E-state index in [9.17, 15) is 9.59 Å². The van der Waals surface area contributed by atoms with Crippen LogP contribution in [0.4, 0.5) is 11.4 Å². The quantitative estimate of drug-likeness (QED) is 0.301. The summed E-state index contributed by atoms with van der Waals surface area (Å²) in [7, 11) is 4.40. The average molecular weight is 775 g/mol. The lowest BCUT2D eigenvalue weighted by Crippen LogP contribution is -3.00. The first-order chi connectivity index (χ1) is 18.0. The van der Waals surface area contributed by atoms with E-state index in [1.165, 1.54) is 38.5 Å². The first-order valence-corrected chi connectivity index (χ1v) is 14.5. The number of benzene rings is 2. The number of aryl methyl sites for hydroxylation is 4. The topological polar surface area (TPSA) is 58.2 Å². The van der Waals surface area contributed by atoms with Crippen LogP contribution in [0, 0.1) is 27.7 Å². The maximum atomic E-state index is 12.9. The van der Waals surface area contributed by atoms with E-state index >= 15 is 0 Å². The summed E-state index contributed by atoms with van der Waals surface area (Å²) >= 11 is 0. The number of hydrogen-bond acceptors (Lipinski definition) is 2. The summed E-state index contributed by atoms with van der Waals surface area (Å²) in [6.07, 6.45) is 7.38. The number of likely N-dealkylation sites (N-methyl/N-ethyl adjacent to an activating group) is 2. The standard InChI is InChI=1S/C32H46N4O2.2HI/c1-23-17-27(18-24(2)31(23)33-29(37)21-35(5)13-9-7-10-14-35)28-19-25(3)32(26(4)20-28)34-30(38)22-36(6)15-11-8-12-16-36;;/h17-20H,7-16,21-22H2,1-6H3;2*1H. The highest BCUT2D eigenvalue weighted by molar-refractivity contribution is 5.95. The molecule has 2 heterocycles. The van der Waals surface area contributed by atoms with E-state index in [-0.39, 0.29) is 59.8 Å². The summed E-state index contributed by atoms with van der Waals surface area (Å²) in [6, 6.07) is 8.64. The van der Waals surface area contributed by atoms with E-state index in [4.69, 9.17) is 0 Å². The first kappa shape index (κ1) is 35.0. The minimum atomic E-state index is 0. The number of quaternary nitrogens is 2. The molecule has 0 bridgehead atoms. The fraction of sp³-hybridized carbons (Fsp3) is 0.562. The van der Waals surface area contributed by atoms with Gasteiger partial charge in [0.05, 0.1) is 40.3 Å². The molecule has 0 spiro atoms. The van der Waals surface area contributed by atoms with Gasteiger partial charge >= 0.3 is 0 Å². The van der Waals surface area contributed by atoms with Crippen molar-refractivity contribution in [2.75, 3.05) is 64.0 Å². The number of rotatable bonds is 7. The molecule has 2 aromatic carbocycles. The van der Waals surface area contributed by atoms with Crippen molar-refractivity contribution in [1.29, 1.82) is 0 Å². The van der Waals surface area contributed by atoms with E-state index in [1.807, 2.05) is 0 Å². The highest BCUT2D eigenvalue weighted by Gasteiger charge is 2.29. The van der Waals surface area contributed by atoms with Gasteiger partial charge < -0.3 is 67.6 Å². The monoisotopic (exact) mass is 774 g/mol. The van der Waals surface area contributed by atoms with Crippen LogP contribution >= 0.6 is 0 Å². The van der Waals surface area contributed by atoms with E-state index in [2.05, 4.69) is 76.7 Å². The van der Waals surface area contributed by atoms with E-state index in [1.54, 1.807) is 0 Å². The van der Waals surface area contributed by atoms with Gasteiger partial charge in [-0.15, -0.1) is 0 Å². The molecule has 0 unspecified atom stereocenters. The third-order valence-electron chi connectivity index (χ3n) is 8.77. The lowest BCUT2D eigenvalue weighted by molar-refractivity contribution is -0.906. The Bertz CT molecular complexity index is 1060. The zero-order chi connectivity index (χ0) is 27.5. The summed E-state index contributed by atoms with van der Waals surface area (Å²) in [5.74, 6) is 0.196. The van der Waals surface area contributed by atoms with Gasteiger partial charge in [0.2, 0.25) is 0 Å². The molecule has 2 saturated heterocycles. The van der Waals surface area contributed by atoms with Gasteiger partial charge in [-0.1, -0.05) is 0 Å². The average Bonchev–Trinajstić information content (AvgIpc) is 2.83. The van der Waals surface area contributed by atoms with Crippen molar-refractivity contribution in [3.63, 3.8) is 0 Å². The van der Waals surface area contributed by atoms with Crippen LogP contribution in [0.25, 0.3) is 11.1 Å². The van der Waals surface area contributed by atoms with Gasteiger partial charge in [0.1, 0.15) is 0 Å². The first-order valence-electron chi connectivity index (χ1n) is 14.5. The Kier molecular flexibility index (Phi) is 12.9. The Labute approximate surface area is 275 Å². The molecule has 2 aromatic rings. The van der Waals surface area contributed by atoms with Gasteiger partial charge in [-0.05, 0) is 124 Å². The maximum Gasteiger partial charge on any atom is 0.279 e. The number of amides is 2. The second-order valence-electron chi connectivity index (χ2n) is 12.6. The SMILES string of the molecule is Cc1cc(-c2cc(C)c(NC(=O)C[N+]3(C)CCCCC3)c(C)c2)cc(C)c1NC(=O)C[N+]1(C)CCCCC1.[I-].[I-]. The van der Waals surface area contributed by atoms with Crippen molar-refractivity contribution in [2.45, 2.75) is 66.2 Å². The van der Waals surface area contributed by atoms with Crippen LogP contribution < -0.4 is 58.6 Å². The zero-order valence-electron chi connectivity index (χ0n) is 25.3. The number of nitrogens with zero attached hydrogens (tertiary/aromatic N) is 2. The molecule has 2 amide bonds. The number of likely N-dealkylation sites (tertiary alicyclic amines) is 2.